The van der Waals surface area contributed by atoms with Crippen LogP contribution in [-0.2, 0) is 4.74 Å². The fourth-order valence-corrected chi connectivity index (χ4v) is 1.73. The van der Waals surface area contributed by atoms with Crippen LogP contribution in [0.25, 0.3) is 0 Å². The van der Waals surface area contributed by atoms with Crippen molar-refractivity contribution in [1.29, 1.82) is 0 Å². The largest absolute Gasteiger partial charge is 0.379 e. The summed E-state index contributed by atoms with van der Waals surface area (Å²) in [5.74, 6) is -1.07. The van der Waals surface area contributed by atoms with E-state index in [2.05, 4.69) is 4.98 Å². The molecule has 0 spiro atoms. The zero-order valence-electron chi connectivity index (χ0n) is 9.02. The van der Waals surface area contributed by atoms with Gasteiger partial charge in [-0.3, -0.25) is 4.79 Å². The molecule has 4 nitrogen and oxygen atoms in total. The molecule has 0 aliphatic carbocycles. The molecule has 1 amide bonds. The summed E-state index contributed by atoms with van der Waals surface area (Å²) in [4.78, 5) is 16.9. The molecule has 16 heavy (non-hydrogen) atoms. The van der Waals surface area contributed by atoms with E-state index in [4.69, 9.17) is 4.74 Å². The van der Waals surface area contributed by atoms with E-state index in [1.165, 1.54) is 17.2 Å². The summed E-state index contributed by atoms with van der Waals surface area (Å²) < 4.78 is 18.5. The number of aromatic nitrogens is 1. The van der Waals surface area contributed by atoms with Gasteiger partial charge in [-0.25, -0.2) is 4.98 Å². The highest BCUT2D eigenvalue weighted by atomic mass is 19.1. The Bertz CT molecular complexity index is 391. The fourth-order valence-electron chi connectivity index (χ4n) is 1.73. The summed E-state index contributed by atoms with van der Waals surface area (Å²) in [6.45, 7) is 1.17. The second kappa shape index (κ2) is 4.57. The van der Waals surface area contributed by atoms with Crippen molar-refractivity contribution in [2.24, 2.45) is 0 Å². The van der Waals surface area contributed by atoms with Crippen LogP contribution >= 0.6 is 0 Å². The highest BCUT2D eigenvalue weighted by molar-refractivity contribution is 5.94. The SMILES string of the molecule is CN(C(=O)c1cccnc1F)C1CCOC1. The van der Waals surface area contributed by atoms with E-state index in [1.54, 1.807) is 13.1 Å². The molecule has 1 fully saturated rings. The fraction of sp³-hybridized carbons (Fsp3) is 0.455. The zero-order chi connectivity index (χ0) is 11.5. The summed E-state index contributed by atoms with van der Waals surface area (Å²) in [6, 6.07) is 3.03. The first-order chi connectivity index (χ1) is 7.70. The van der Waals surface area contributed by atoms with Crippen molar-refractivity contribution in [2.45, 2.75) is 12.5 Å². The van der Waals surface area contributed by atoms with Crippen LogP contribution in [-0.4, -0.2) is 42.1 Å². The predicted molar refractivity (Wildman–Crippen MR) is 55.5 cm³/mol. The van der Waals surface area contributed by atoms with Crippen LogP contribution in [0.4, 0.5) is 4.39 Å². The Morgan fingerprint density at radius 3 is 3.12 bits per heavy atom. The minimum atomic E-state index is -0.724. The molecule has 0 aromatic carbocycles. The standard InChI is InChI=1S/C11H13FN2O2/c1-14(8-4-6-16-7-8)11(15)9-3-2-5-13-10(9)12/h2-3,5,8H,4,6-7H2,1H3. The molecule has 1 atom stereocenters. The van der Waals surface area contributed by atoms with Gasteiger partial charge in [-0.2, -0.15) is 4.39 Å². The number of pyridine rings is 1. The van der Waals surface area contributed by atoms with Crippen molar-refractivity contribution < 1.29 is 13.9 Å². The number of nitrogens with zero attached hydrogens (tertiary/aromatic N) is 2. The van der Waals surface area contributed by atoms with Gasteiger partial charge >= 0.3 is 0 Å². The van der Waals surface area contributed by atoms with Crippen LogP contribution in [0.1, 0.15) is 16.8 Å². The summed E-state index contributed by atoms with van der Waals surface area (Å²) in [6.07, 6.45) is 2.12. The van der Waals surface area contributed by atoms with Crippen molar-refractivity contribution in [3.63, 3.8) is 0 Å². The first-order valence-corrected chi connectivity index (χ1v) is 5.15. The second-order valence-corrected chi connectivity index (χ2v) is 3.78. The van der Waals surface area contributed by atoms with Gasteiger partial charge in [0.2, 0.25) is 5.95 Å². The summed E-state index contributed by atoms with van der Waals surface area (Å²) in [5.41, 5.74) is 0.0110. The summed E-state index contributed by atoms with van der Waals surface area (Å²) >= 11 is 0. The van der Waals surface area contributed by atoms with Crippen LogP contribution in [0, 0.1) is 5.95 Å². The molecule has 0 bridgehead atoms. The lowest BCUT2D eigenvalue weighted by atomic mass is 10.2. The average Bonchev–Trinajstić information content (AvgIpc) is 2.81. The number of rotatable bonds is 2. The van der Waals surface area contributed by atoms with Gasteiger partial charge in [0.25, 0.3) is 5.91 Å². The van der Waals surface area contributed by atoms with Crippen molar-refractivity contribution in [1.82, 2.24) is 9.88 Å². The highest BCUT2D eigenvalue weighted by Crippen LogP contribution is 2.14. The van der Waals surface area contributed by atoms with E-state index in [0.717, 1.165) is 6.42 Å². The average molecular weight is 224 g/mol. The number of carbonyl (C=O) groups excluding carboxylic acids is 1. The van der Waals surface area contributed by atoms with Crippen molar-refractivity contribution >= 4 is 5.91 Å². The highest BCUT2D eigenvalue weighted by Gasteiger charge is 2.26. The number of ether oxygens (including phenoxy) is 1. The molecule has 1 saturated heterocycles. The maximum atomic E-state index is 13.3. The minimum absolute atomic E-state index is 0.0110. The first kappa shape index (κ1) is 11.0. The molecule has 0 radical (unpaired) electrons. The van der Waals surface area contributed by atoms with Gasteiger partial charge in [0.15, 0.2) is 0 Å². The molecule has 0 saturated carbocycles. The first-order valence-electron chi connectivity index (χ1n) is 5.15. The van der Waals surface area contributed by atoms with E-state index >= 15 is 0 Å². The van der Waals surface area contributed by atoms with Crippen LogP contribution in [0.3, 0.4) is 0 Å². The molecule has 0 N–H and O–H groups in total. The molecular formula is C11H13FN2O2. The lowest BCUT2D eigenvalue weighted by Gasteiger charge is -2.23. The van der Waals surface area contributed by atoms with Gasteiger partial charge < -0.3 is 9.64 Å². The quantitative estimate of drug-likeness (QED) is 0.706. The van der Waals surface area contributed by atoms with Gasteiger partial charge in [0, 0.05) is 19.9 Å². The lowest BCUT2D eigenvalue weighted by Crippen LogP contribution is -2.37. The molecule has 1 aromatic rings. The monoisotopic (exact) mass is 224 g/mol. The topological polar surface area (TPSA) is 42.4 Å². The number of halogens is 1. The summed E-state index contributed by atoms with van der Waals surface area (Å²) in [7, 11) is 1.66. The van der Waals surface area contributed by atoms with E-state index in [1.807, 2.05) is 0 Å². The van der Waals surface area contributed by atoms with Gasteiger partial charge in [-0.1, -0.05) is 0 Å². The Balaban J connectivity index is 2.15. The van der Waals surface area contributed by atoms with E-state index in [-0.39, 0.29) is 17.5 Å². The third-order valence-corrected chi connectivity index (χ3v) is 2.76. The maximum Gasteiger partial charge on any atom is 0.258 e. The number of hydrogen-bond acceptors (Lipinski definition) is 3. The normalized spacial score (nSPS) is 19.8. The number of likely N-dealkylation sites (N-methyl/N-ethyl adjacent to an activating group) is 1. The Labute approximate surface area is 93.0 Å². The predicted octanol–water partition coefficient (Wildman–Crippen LogP) is 1.08. The Hall–Kier alpha value is -1.49. The molecule has 1 aliphatic rings. The Morgan fingerprint density at radius 1 is 1.69 bits per heavy atom. The number of amides is 1. The van der Waals surface area contributed by atoms with Crippen LogP contribution in [0.2, 0.25) is 0 Å². The molecule has 1 aliphatic heterocycles. The van der Waals surface area contributed by atoms with Gasteiger partial charge in [-0.15, -0.1) is 0 Å². The Kier molecular flexibility index (Phi) is 3.14. The number of hydrogen-bond donors (Lipinski definition) is 0. The van der Waals surface area contributed by atoms with Gasteiger partial charge in [0.1, 0.15) is 0 Å². The zero-order valence-corrected chi connectivity index (χ0v) is 9.02. The third kappa shape index (κ3) is 2.04. The third-order valence-electron chi connectivity index (χ3n) is 2.76. The number of carbonyl (C=O) groups is 1. The van der Waals surface area contributed by atoms with E-state index < -0.39 is 5.95 Å². The van der Waals surface area contributed by atoms with Crippen molar-refractivity contribution in [3.05, 3.63) is 29.8 Å². The van der Waals surface area contributed by atoms with E-state index in [0.29, 0.717) is 13.2 Å². The Morgan fingerprint density at radius 2 is 2.50 bits per heavy atom. The van der Waals surface area contributed by atoms with Crippen molar-refractivity contribution in [2.75, 3.05) is 20.3 Å². The van der Waals surface area contributed by atoms with E-state index in [9.17, 15) is 9.18 Å². The molecule has 1 unspecified atom stereocenters. The van der Waals surface area contributed by atoms with Crippen LogP contribution < -0.4 is 0 Å². The van der Waals surface area contributed by atoms with Gasteiger partial charge in [0.05, 0.1) is 18.2 Å². The summed E-state index contributed by atoms with van der Waals surface area (Å²) in [5, 5.41) is 0. The smallest absolute Gasteiger partial charge is 0.258 e. The molecule has 2 rings (SSSR count). The molecule has 86 valence electrons. The van der Waals surface area contributed by atoms with Crippen molar-refractivity contribution in [3.8, 4) is 0 Å². The lowest BCUT2D eigenvalue weighted by molar-refractivity contribution is 0.0705. The second-order valence-electron chi connectivity index (χ2n) is 3.78. The maximum absolute atomic E-state index is 13.3. The van der Waals surface area contributed by atoms with Gasteiger partial charge in [-0.05, 0) is 18.6 Å². The minimum Gasteiger partial charge on any atom is -0.379 e. The van der Waals surface area contributed by atoms with Crippen LogP contribution in [0.15, 0.2) is 18.3 Å². The molecule has 2 heterocycles. The molecular weight excluding hydrogens is 211 g/mol. The van der Waals surface area contributed by atoms with Crippen LogP contribution in [0.5, 0.6) is 0 Å². The molecule has 5 heteroatoms. The molecule has 1 aromatic heterocycles.